The van der Waals surface area contributed by atoms with Gasteiger partial charge in [-0.05, 0) is 74.2 Å². The standard InChI is InChI=1S/C21H44O4.4C8H6O4/c1-5-9-13-17(22)21(18(23)14-10-6-2,19(24)15-11-7-3)20(25)16-12-8-4;4*9-7(10)5-3-1-2-4-6(5)8(11)12/h17-20,22-25H,5-16H2,1-4H3;4*1-4H,(H,9,10)(H,11,12). The van der Waals surface area contributed by atoms with Gasteiger partial charge in [0.25, 0.3) is 0 Å². The van der Waals surface area contributed by atoms with E-state index in [-0.39, 0.29) is 44.5 Å². The van der Waals surface area contributed by atoms with E-state index in [9.17, 15) is 58.8 Å². The zero-order chi connectivity index (χ0) is 55.8. The number of aliphatic hydroxyl groups excluding tert-OH is 4. The van der Waals surface area contributed by atoms with E-state index in [0.717, 1.165) is 51.4 Å². The van der Waals surface area contributed by atoms with Gasteiger partial charge in [0.1, 0.15) is 0 Å². The molecule has 20 heteroatoms. The number of hydrogen-bond donors (Lipinski definition) is 12. The quantitative estimate of drug-likeness (QED) is 0.0313. The van der Waals surface area contributed by atoms with Crippen molar-refractivity contribution in [2.45, 2.75) is 129 Å². The SMILES string of the molecule is CCCCC(O)C(C(O)CCCC)(C(O)CCCC)C(O)CCCC.O=C(O)c1ccccc1C(=O)O.O=C(O)c1ccccc1C(=O)O.O=C(O)c1ccccc1C(=O)O.O=C(O)c1ccccc1C(=O)O. The van der Waals surface area contributed by atoms with Crippen molar-refractivity contribution >= 4 is 47.8 Å². The minimum atomic E-state index is -1.24. The third-order valence-electron chi connectivity index (χ3n) is 11.2. The van der Waals surface area contributed by atoms with Gasteiger partial charge in [0.05, 0.1) is 74.3 Å². The molecule has 4 aromatic carbocycles. The zero-order valence-corrected chi connectivity index (χ0v) is 41.2. The van der Waals surface area contributed by atoms with E-state index in [2.05, 4.69) is 27.7 Å². The number of aliphatic hydroxyl groups is 4. The Labute approximate surface area is 422 Å². The lowest BCUT2D eigenvalue weighted by molar-refractivity contribution is -0.201. The Bertz CT molecular complexity index is 1930. The molecule has 0 aromatic heterocycles. The number of carboxylic acids is 8. The molecular weight excluding hydrogens is 957 g/mol. The fourth-order valence-electron chi connectivity index (χ4n) is 7.35. The number of unbranched alkanes of at least 4 members (excludes halogenated alkanes) is 4. The first-order valence-corrected chi connectivity index (χ1v) is 23.4. The van der Waals surface area contributed by atoms with Crippen molar-refractivity contribution < 1.29 is 99.6 Å². The Morgan fingerprint density at radius 1 is 0.301 bits per heavy atom. The van der Waals surface area contributed by atoms with Crippen molar-refractivity contribution in [1.29, 1.82) is 0 Å². The lowest BCUT2D eigenvalue weighted by atomic mass is 9.63. The number of benzene rings is 4. The molecule has 0 heterocycles. The average Bonchev–Trinajstić information content (AvgIpc) is 3.36. The number of carbonyl (C=O) groups is 8. The van der Waals surface area contributed by atoms with E-state index < -0.39 is 77.6 Å². The van der Waals surface area contributed by atoms with Crippen LogP contribution in [0.25, 0.3) is 0 Å². The minimum Gasteiger partial charge on any atom is -0.478 e. The molecule has 4 atom stereocenters. The van der Waals surface area contributed by atoms with Crippen molar-refractivity contribution in [2.24, 2.45) is 5.41 Å². The summed E-state index contributed by atoms with van der Waals surface area (Å²) in [6.45, 7) is 8.23. The lowest BCUT2D eigenvalue weighted by Gasteiger charge is -2.49. The molecule has 0 aliphatic heterocycles. The molecule has 400 valence electrons. The van der Waals surface area contributed by atoms with Gasteiger partial charge in [0.2, 0.25) is 0 Å². The Balaban J connectivity index is 0.000000927. The summed E-state index contributed by atoms with van der Waals surface area (Å²) >= 11 is 0. The summed E-state index contributed by atoms with van der Waals surface area (Å²) < 4.78 is 0. The van der Waals surface area contributed by atoms with E-state index in [1.807, 2.05) is 0 Å². The molecular formula is C53H68O20. The first kappa shape index (κ1) is 65.5. The van der Waals surface area contributed by atoms with Gasteiger partial charge in [0.15, 0.2) is 0 Å². The highest BCUT2D eigenvalue weighted by atomic mass is 16.4. The summed E-state index contributed by atoms with van der Waals surface area (Å²) in [5.74, 6) is -9.83. The first-order chi connectivity index (χ1) is 34.4. The maximum absolute atomic E-state index is 11.0. The minimum absolute atomic E-state index is 0.190. The van der Waals surface area contributed by atoms with Crippen LogP contribution < -0.4 is 0 Å². The largest absolute Gasteiger partial charge is 0.478 e. The van der Waals surface area contributed by atoms with Crippen molar-refractivity contribution in [3.05, 3.63) is 142 Å². The number of hydrogen-bond acceptors (Lipinski definition) is 12. The zero-order valence-electron chi connectivity index (χ0n) is 41.2. The molecule has 4 unspecified atom stereocenters. The van der Waals surface area contributed by atoms with Gasteiger partial charge >= 0.3 is 47.8 Å². The Kier molecular flexibility index (Phi) is 31.2. The smallest absolute Gasteiger partial charge is 0.336 e. The van der Waals surface area contributed by atoms with Gasteiger partial charge < -0.3 is 61.3 Å². The van der Waals surface area contributed by atoms with E-state index in [1.54, 1.807) is 0 Å². The third kappa shape index (κ3) is 21.4. The highest BCUT2D eigenvalue weighted by Crippen LogP contribution is 2.43. The predicted octanol–water partition coefficient (Wildman–Crippen LogP) is 8.51. The molecule has 20 nitrogen and oxygen atoms in total. The van der Waals surface area contributed by atoms with Gasteiger partial charge in [-0.1, -0.05) is 128 Å². The normalized spacial score (nSPS) is 12.7. The van der Waals surface area contributed by atoms with Gasteiger partial charge in [0, 0.05) is 0 Å². The van der Waals surface area contributed by atoms with Crippen LogP contribution in [0.3, 0.4) is 0 Å². The second kappa shape index (κ2) is 34.7. The van der Waals surface area contributed by atoms with Crippen LogP contribution in [-0.4, -0.2) is 133 Å². The Morgan fingerprint density at radius 2 is 0.425 bits per heavy atom. The van der Waals surface area contributed by atoms with Crippen LogP contribution in [0.1, 0.15) is 188 Å². The Hall–Kier alpha value is -7.52. The van der Waals surface area contributed by atoms with Crippen LogP contribution in [-0.2, 0) is 0 Å². The van der Waals surface area contributed by atoms with Crippen molar-refractivity contribution in [3.8, 4) is 0 Å². The first-order valence-electron chi connectivity index (χ1n) is 23.4. The average molecular weight is 1030 g/mol. The van der Waals surface area contributed by atoms with Gasteiger partial charge in [-0.3, -0.25) is 0 Å². The third-order valence-corrected chi connectivity index (χ3v) is 11.2. The molecule has 0 saturated carbocycles. The lowest BCUT2D eigenvalue weighted by Crippen LogP contribution is -2.60. The molecule has 0 spiro atoms. The van der Waals surface area contributed by atoms with Crippen LogP contribution in [0.4, 0.5) is 0 Å². The van der Waals surface area contributed by atoms with Gasteiger partial charge in [-0.2, -0.15) is 0 Å². The summed E-state index contributed by atoms with van der Waals surface area (Å²) in [7, 11) is 0. The van der Waals surface area contributed by atoms with E-state index in [0.29, 0.717) is 25.7 Å². The predicted molar refractivity (Wildman–Crippen MR) is 266 cm³/mol. The molecule has 0 fully saturated rings. The fraction of sp³-hybridized carbons (Fsp3) is 0.396. The van der Waals surface area contributed by atoms with Crippen molar-refractivity contribution in [1.82, 2.24) is 0 Å². The van der Waals surface area contributed by atoms with Crippen molar-refractivity contribution in [3.63, 3.8) is 0 Å². The molecule has 0 amide bonds. The Morgan fingerprint density at radius 3 is 0.521 bits per heavy atom. The van der Waals surface area contributed by atoms with Crippen LogP contribution in [0, 0.1) is 5.41 Å². The summed E-state index contributed by atoms with van der Waals surface area (Å²) in [4.78, 5) is 83.7. The van der Waals surface area contributed by atoms with Crippen molar-refractivity contribution in [2.75, 3.05) is 0 Å². The molecule has 0 bridgehead atoms. The van der Waals surface area contributed by atoms with E-state index >= 15 is 0 Å². The highest BCUT2D eigenvalue weighted by molar-refractivity contribution is 6.03. The van der Waals surface area contributed by atoms with Crippen LogP contribution in [0.5, 0.6) is 0 Å². The molecule has 12 N–H and O–H groups in total. The highest BCUT2D eigenvalue weighted by Gasteiger charge is 2.53. The van der Waals surface area contributed by atoms with Gasteiger partial charge in [-0.15, -0.1) is 0 Å². The number of rotatable bonds is 24. The van der Waals surface area contributed by atoms with Crippen LogP contribution in [0.2, 0.25) is 0 Å². The van der Waals surface area contributed by atoms with E-state index in [1.165, 1.54) is 97.1 Å². The molecule has 4 rings (SSSR count). The molecule has 0 radical (unpaired) electrons. The summed E-state index contributed by atoms with van der Waals surface area (Å²) in [5.41, 5.74) is -2.76. The molecule has 0 aliphatic rings. The maximum atomic E-state index is 11.0. The fourth-order valence-corrected chi connectivity index (χ4v) is 7.35. The molecule has 0 aliphatic carbocycles. The topological polar surface area (TPSA) is 379 Å². The van der Waals surface area contributed by atoms with E-state index in [4.69, 9.17) is 40.9 Å². The monoisotopic (exact) mass is 1020 g/mol. The van der Waals surface area contributed by atoms with Crippen LogP contribution in [0.15, 0.2) is 97.1 Å². The summed E-state index contributed by atoms with van der Waals surface area (Å²) in [6, 6.07) is 21.9. The second-order valence-electron chi connectivity index (χ2n) is 16.3. The second-order valence-corrected chi connectivity index (χ2v) is 16.3. The summed E-state index contributed by atoms with van der Waals surface area (Å²) in [5, 5.41) is 112. The number of carboxylic acid groups (broad SMARTS) is 8. The molecule has 0 saturated heterocycles. The maximum Gasteiger partial charge on any atom is 0.336 e. The number of aromatic carboxylic acids is 8. The summed E-state index contributed by atoms with van der Waals surface area (Å²) in [6.07, 6.45) is 5.51. The molecule has 4 aromatic rings. The van der Waals surface area contributed by atoms with Gasteiger partial charge in [-0.25, -0.2) is 38.4 Å². The van der Waals surface area contributed by atoms with Crippen LogP contribution >= 0.6 is 0 Å². The molecule has 73 heavy (non-hydrogen) atoms.